The molecule has 2 N–H and O–H groups in total. The van der Waals surface area contributed by atoms with E-state index >= 15 is 0 Å². The summed E-state index contributed by atoms with van der Waals surface area (Å²) in [6.45, 7) is 0.678. The standard InChI is InChI=1S/C14H18N2O2/c1-18-10-12(7-9-17)16-14-13-5-3-2-4-11(13)6-8-15-14/h2-6,8,12,17H,7,9-10H2,1H3,(H,15,16). The van der Waals surface area contributed by atoms with Gasteiger partial charge >= 0.3 is 0 Å². The summed E-state index contributed by atoms with van der Waals surface area (Å²) in [7, 11) is 1.66. The van der Waals surface area contributed by atoms with Crippen molar-refractivity contribution in [1.29, 1.82) is 0 Å². The first kappa shape index (κ1) is 12.8. The first-order valence-electron chi connectivity index (χ1n) is 6.05. The van der Waals surface area contributed by atoms with E-state index < -0.39 is 0 Å². The number of aliphatic hydroxyl groups is 1. The van der Waals surface area contributed by atoms with E-state index in [9.17, 15) is 0 Å². The smallest absolute Gasteiger partial charge is 0.134 e. The molecule has 1 aromatic heterocycles. The highest BCUT2D eigenvalue weighted by atomic mass is 16.5. The number of anilines is 1. The normalized spacial score (nSPS) is 12.6. The molecule has 0 saturated heterocycles. The summed E-state index contributed by atoms with van der Waals surface area (Å²) in [6, 6.07) is 10.1. The average molecular weight is 246 g/mol. The number of fused-ring (bicyclic) bond motifs is 1. The minimum Gasteiger partial charge on any atom is -0.396 e. The van der Waals surface area contributed by atoms with Crippen molar-refractivity contribution in [2.45, 2.75) is 12.5 Å². The summed E-state index contributed by atoms with van der Waals surface area (Å²) in [6.07, 6.45) is 2.42. The van der Waals surface area contributed by atoms with E-state index in [1.54, 1.807) is 13.3 Å². The van der Waals surface area contributed by atoms with Gasteiger partial charge < -0.3 is 15.2 Å². The van der Waals surface area contributed by atoms with Crippen molar-refractivity contribution in [2.75, 3.05) is 25.6 Å². The third-order valence-corrected chi connectivity index (χ3v) is 2.86. The molecule has 18 heavy (non-hydrogen) atoms. The molecule has 1 aromatic carbocycles. The molecule has 0 aliphatic heterocycles. The molecular weight excluding hydrogens is 228 g/mol. The number of nitrogens with zero attached hydrogens (tertiary/aromatic N) is 1. The van der Waals surface area contributed by atoms with Gasteiger partial charge in [-0.2, -0.15) is 0 Å². The predicted octanol–water partition coefficient (Wildman–Crippen LogP) is 2.04. The second-order valence-electron chi connectivity index (χ2n) is 4.19. The Morgan fingerprint density at radius 1 is 1.33 bits per heavy atom. The molecule has 2 aromatic rings. The highest BCUT2D eigenvalue weighted by molar-refractivity contribution is 5.91. The summed E-state index contributed by atoms with van der Waals surface area (Å²) >= 11 is 0. The number of rotatable bonds is 6. The lowest BCUT2D eigenvalue weighted by Crippen LogP contribution is -2.26. The van der Waals surface area contributed by atoms with Crippen molar-refractivity contribution in [3.05, 3.63) is 36.5 Å². The zero-order valence-electron chi connectivity index (χ0n) is 10.5. The van der Waals surface area contributed by atoms with Crippen LogP contribution in [0, 0.1) is 0 Å². The highest BCUT2D eigenvalue weighted by Gasteiger charge is 2.10. The number of methoxy groups -OCH3 is 1. The third kappa shape index (κ3) is 2.97. The maximum atomic E-state index is 9.04. The van der Waals surface area contributed by atoms with Crippen molar-refractivity contribution in [3.8, 4) is 0 Å². The summed E-state index contributed by atoms with van der Waals surface area (Å²) in [4.78, 5) is 4.36. The fraction of sp³-hybridized carbons (Fsp3) is 0.357. The molecule has 0 bridgehead atoms. The van der Waals surface area contributed by atoms with Gasteiger partial charge in [-0.25, -0.2) is 4.98 Å². The predicted molar refractivity (Wildman–Crippen MR) is 72.7 cm³/mol. The fourth-order valence-corrected chi connectivity index (χ4v) is 1.98. The number of nitrogens with one attached hydrogen (secondary N) is 1. The second kappa shape index (κ2) is 6.33. The van der Waals surface area contributed by atoms with E-state index in [1.807, 2.05) is 24.3 Å². The van der Waals surface area contributed by atoms with Crippen LogP contribution < -0.4 is 5.32 Å². The zero-order chi connectivity index (χ0) is 12.8. The monoisotopic (exact) mass is 246 g/mol. The van der Waals surface area contributed by atoms with Crippen molar-refractivity contribution in [1.82, 2.24) is 4.98 Å². The molecule has 2 rings (SSSR count). The third-order valence-electron chi connectivity index (χ3n) is 2.86. The molecule has 0 fully saturated rings. The topological polar surface area (TPSA) is 54.4 Å². The Labute approximate surface area is 107 Å². The van der Waals surface area contributed by atoms with Gasteiger partial charge in [-0.1, -0.05) is 24.3 Å². The van der Waals surface area contributed by atoms with Gasteiger partial charge in [-0.05, 0) is 17.9 Å². The maximum absolute atomic E-state index is 9.04. The molecule has 96 valence electrons. The van der Waals surface area contributed by atoms with E-state index in [1.165, 1.54) is 0 Å². The number of benzene rings is 1. The number of pyridine rings is 1. The Bertz CT molecular complexity index is 491. The van der Waals surface area contributed by atoms with E-state index in [4.69, 9.17) is 9.84 Å². The molecule has 0 aliphatic carbocycles. The lowest BCUT2D eigenvalue weighted by Gasteiger charge is -2.18. The van der Waals surface area contributed by atoms with E-state index in [2.05, 4.69) is 16.4 Å². The van der Waals surface area contributed by atoms with Crippen LogP contribution in [0.2, 0.25) is 0 Å². The van der Waals surface area contributed by atoms with Gasteiger partial charge in [0.15, 0.2) is 0 Å². The molecule has 4 nitrogen and oxygen atoms in total. The van der Waals surface area contributed by atoms with E-state index in [0.717, 1.165) is 16.6 Å². The lowest BCUT2D eigenvalue weighted by atomic mass is 10.1. The molecule has 0 spiro atoms. The van der Waals surface area contributed by atoms with Crippen LogP contribution >= 0.6 is 0 Å². The van der Waals surface area contributed by atoms with Gasteiger partial charge in [0, 0.05) is 25.3 Å². The minimum atomic E-state index is 0.0679. The molecule has 0 radical (unpaired) electrons. The SMILES string of the molecule is COCC(CCO)Nc1nccc2ccccc12. The quantitative estimate of drug-likeness (QED) is 0.819. The first-order chi connectivity index (χ1) is 8.85. The Balaban J connectivity index is 2.24. The molecule has 1 unspecified atom stereocenters. The average Bonchev–Trinajstić information content (AvgIpc) is 2.40. The van der Waals surface area contributed by atoms with Crippen molar-refractivity contribution < 1.29 is 9.84 Å². The van der Waals surface area contributed by atoms with Crippen LogP contribution in [-0.4, -0.2) is 36.5 Å². The van der Waals surface area contributed by atoms with Crippen LogP contribution in [-0.2, 0) is 4.74 Å². The van der Waals surface area contributed by atoms with Gasteiger partial charge in [0.25, 0.3) is 0 Å². The van der Waals surface area contributed by atoms with Crippen LogP contribution in [0.25, 0.3) is 10.8 Å². The van der Waals surface area contributed by atoms with Gasteiger partial charge in [-0.15, -0.1) is 0 Å². The van der Waals surface area contributed by atoms with Crippen molar-refractivity contribution >= 4 is 16.6 Å². The molecule has 1 atom stereocenters. The molecule has 0 amide bonds. The molecule has 0 saturated carbocycles. The van der Waals surface area contributed by atoms with Gasteiger partial charge in [0.05, 0.1) is 12.6 Å². The van der Waals surface area contributed by atoms with Gasteiger partial charge in [0.1, 0.15) is 5.82 Å². The fourth-order valence-electron chi connectivity index (χ4n) is 1.98. The van der Waals surface area contributed by atoms with E-state index in [-0.39, 0.29) is 12.6 Å². The summed E-state index contributed by atoms with van der Waals surface area (Å²) < 4.78 is 5.14. The van der Waals surface area contributed by atoms with Crippen LogP contribution in [0.4, 0.5) is 5.82 Å². The number of hydrogen-bond acceptors (Lipinski definition) is 4. The summed E-state index contributed by atoms with van der Waals surface area (Å²) in [5, 5.41) is 14.6. The molecular formula is C14H18N2O2. The Kier molecular flexibility index (Phi) is 4.50. The van der Waals surface area contributed by atoms with Crippen LogP contribution in [0.1, 0.15) is 6.42 Å². The van der Waals surface area contributed by atoms with Crippen molar-refractivity contribution in [3.63, 3.8) is 0 Å². The molecule has 1 heterocycles. The number of ether oxygens (including phenoxy) is 1. The zero-order valence-corrected chi connectivity index (χ0v) is 10.5. The highest BCUT2D eigenvalue weighted by Crippen LogP contribution is 2.21. The Hall–Kier alpha value is -1.65. The minimum absolute atomic E-state index is 0.0679. The second-order valence-corrected chi connectivity index (χ2v) is 4.19. The van der Waals surface area contributed by atoms with E-state index in [0.29, 0.717) is 13.0 Å². The van der Waals surface area contributed by atoms with Crippen LogP contribution in [0.3, 0.4) is 0 Å². The Morgan fingerprint density at radius 3 is 2.94 bits per heavy atom. The Morgan fingerprint density at radius 2 is 2.17 bits per heavy atom. The van der Waals surface area contributed by atoms with Crippen LogP contribution in [0.15, 0.2) is 36.5 Å². The van der Waals surface area contributed by atoms with Gasteiger partial charge in [-0.3, -0.25) is 0 Å². The molecule has 0 aliphatic rings. The number of aliphatic hydroxyl groups excluding tert-OH is 1. The first-order valence-corrected chi connectivity index (χ1v) is 6.05. The largest absolute Gasteiger partial charge is 0.396 e. The lowest BCUT2D eigenvalue weighted by molar-refractivity contribution is 0.170. The molecule has 4 heteroatoms. The summed E-state index contributed by atoms with van der Waals surface area (Å²) in [5.74, 6) is 0.837. The number of aromatic nitrogens is 1. The van der Waals surface area contributed by atoms with Crippen LogP contribution in [0.5, 0.6) is 0 Å². The maximum Gasteiger partial charge on any atom is 0.134 e. The number of hydrogen-bond donors (Lipinski definition) is 2. The van der Waals surface area contributed by atoms with Crippen molar-refractivity contribution in [2.24, 2.45) is 0 Å². The van der Waals surface area contributed by atoms with Gasteiger partial charge in [0.2, 0.25) is 0 Å². The summed E-state index contributed by atoms with van der Waals surface area (Å²) in [5.41, 5.74) is 0.